The average Bonchev–Trinajstić information content (AvgIpc) is 2.23. The van der Waals surface area contributed by atoms with Gasteiger partial charge in [0.25, 0.3) is 10.1 Å². The fourth-order valence-corrected chi connectivity index (χ4v) is 2.28. The van der Waals surface area contributed by atoms with Crippen LogP contribution in [-0.2, 0) is 19.6 Å². The van der Waals surface area contributed by atoms with Crippen LogP contribution in [0.25, 0.3) is 0 Å². The first-order chi connectivity index (χ1) is 7.58. The van der Waals surface area contributed by atoms with Crippen LogP contribution >= 0.6 is 0 Å². The number of unbranched alkanes of at least 4 members (excludes halogenated alkanes) is 3. The first-order valence-electron chi connectivity index (χ1n) is 5.72. The van der Waals surface area contributed by atoms with Gasteiger partial charge >= 0.3 is 0 Å². The third kappa shape index (κ3) is 7.16. The van der Waals surface area contributed by atoms with Gasteiger partial charge in [-0.25, -0.2) is 0 Å². The molecular weight excluding hydrogens is 232 g/mol. The van der Waals surface area contributed by atoms with Crippen LogP contribution in [0.2, 0.25) is 0 Å². The van der Waals surface area contributed by atoms with Crippen molar-refractivity contribution in [1.29, 1.82) is 0 Å². The molecule has 0 aromatic heterocycles. The van der Waals surface area contributed by atoms with Gasteiger partial charge in [0.2, 0.25) is 0 Å². The zero-order chi connectivity index (χ0) is 11.9. The molecule has 1 heterocycles. The van der Waals surface area contributed by atoms with Crippen molar-refractivity contribution in [3.63, 3.8) is 0 Å². The highest BCUT2D eigenvalue weighted by atomic mass is 32.2. The van der Waals surface area contributed by atoms with Gasteiger partial charge in [-0.05, 0) is 12.8 Å². The first-order valence-corrected chi connectivity index (χ1v) is 7.33. The molecule has 1 saturated heterocycles. The predicted molar refractivity (Wildman–Crippen MR) is 60.1 cm³/mol. The van der Waals surface area contributed by atoms with Gasteiger partial charge in [0.15, 0.2) is 0 Å². The fraction of sp³-hybridized carbons (Fsp3) is 1.00. The highest BCUT2D eigenvalue weighted by Gasteiger charge is 2.13. The molecule has 0 spiro atoms. The van der Waals surface area contributed by atoms with E-state index in [9.17, 15) is 8.42 Å². The summed E-state index contributed by atoms with van der Waals surface area (Å²) in [6, 6.07) is 0. The van der Waals surface area contributed by atoms with Gasteiger partial charge in [0, 0.05) is 0 Å². The molecule has 6 heteroatoms. The van der Waals surface area contributed by atoms with Crippen molar-refractivity contribution < 1.29 is 22.4 Å². The van der Waals surface area contributed by atoms with Gasteiger partial charge in [-0.2, -0.15) is 8.42 Å². The second-order valence-corrected chi connectivity index (χ2v) is 5.63. The number of ether oxygens (including phenoxy) is 2. The van der Waals surface area contributed by atoms with Crippen molar-refractivity contribution in [3.05, 3.63) is 0 Å². The van der Waals surface area contributed by atoms with Crippen LogP contribution in [0.5, 0.6) is 0 Å². The topological polar surface area (TPSA) is 72.8 Å². The van der Waals surface area contributed by atoms with E-state index in [-0.39, 0.29) is 11.9 Å². The van der Waals surface area contributed by atoms with Gasteiger partial charge < -0.3 is 9.47 Å². The number of rotatable bonds is 7. The van der Waals surface area contributed by atoms with Crippen LogP contribution in [0.15, 0.2) is 0 Å². The minimum atomic E-state index is -3.78. The van der Waals surface area contributed by atoms with E-state index in [4.69, 9.17) is 14.0 Å². The second kappa shape index (κ2) is 7.21. The average molecular weight is 252 g/mol. The summed E-state index contributed by atoms with van der Waals surface area (Å²) in [6.07, 6.45) is 4.50. The maximum absolute atomic E-state index is 10.4. The summed E-state index contributed by atoms with van der Waals surface area (Å²) in [4.78, 5) is 0. The largest absolute Gasteiger partial charge is 0.376 e. The lowest BCUT2D eigenvalue weighted by molar-refractivity contribution is -0.0912. The van der Waals surface area contributed by atoms with E-state index in [0.29, 0.717) is 26.2 Å². The minimum absolute atomic E-state index is 0.129. The Balaban J connectivity index is 1.91. The molecule has 0 saturated carbocycles. The van der Waals surface area contributed by atoms with Crippen LogP contribution < -0.4 is 0 Å². The van der Waals surface area contributed by atoms with Crippen molar-refractivity contribution in [2.45, 2.75) is 38.2 Å². The third-order valence-electron chi connectivity index (χ3n) is 2.56. The molecule has 1 unspecified atom stereocenters. The highest BCUT2D eigenvalue weighted by Crippen LogP contribution is 2.11. The van der Waals surface area contributed by atoms with Crippen molar-refractivity contribution in [2.24, 2.45) is 0 Å². The Labute approximate surface area is 96.9 Å². The normalized spacial score (nSPS) is 22.2. The molecule has 0 aliphatic carbocycles. The van der Waals surface area contributed by atoms with Crippen LogP contribution in [0.4, 0.5) is 0 Å². The number of hydrogen-bond donors (Lipinski definition) is 1. The zero-order valence-corrected chi connectivity index (χ0v) is 10.2. The van der Waals surface area contributed by atoms with Crippen molar-refractivity contribution >= 4 is 10.1 Å². The summed E-state index contributed by atoms with van der Waals surface area (Å²) in [6.45, 7) is 2.03. The fourth-order valence-electron chi connectivity index (χ4n) is 1.71. The summed E-state index contributed by atoms with van der Waals surface area (Å²) in [5, 5.41) is 0. The Morgan fingerprint density at radius 3 is 2.50 bits per heavy atom. The summed E-state index contributed by atoms with van der Waals surface area (Å²) in [5.41, 5.74) is 0. The summed E-state index contributed by atoms with van der Waals surface area (Å²) in [5.74, 6) is -0.129. The molecule has 16 heavy (non-hydrogen) atoms. The van der Waals surface area contributed by atoms with Crippen LogP contribution in [0.1, 0.15) is 32.1 Å². The molecule has 0 radical (unpaired) electrons. The standard InChI is InChI=1S/C10H20O5S/c11-16(12,13)8-4-2-1-3-5-10-9-14-6-7-15-10/h10H,1-9H2,(H,11,12,13). The maximum atomic E-state index is 10.4. The van der Waals surface area contributed by atoms with Gasteiger partial charge in [0.1, 0.15) is 0 Å². The van der Waals surface area contributed by atoms with Gasteiger partial charge in [-0.3, -0.25) is 4.55 Å². The highest BCUT2D eigenvalue weighted by molar-refractivity contribution is 7.85. The third-order valence-corrected chi connectivity index (χ3v) is 3.37. The molecule has 1 atom stereocenters. The molecule has 1 aliphatic rings. The molecule has 5 nitrogen and oxygen atoms in total. The molecule has 0 bridgehead atoms. The van der Waals surface area contributed by atoms with Crippen molar-refractivity contribution in [2.75, 3.05) is 25.6 Å². The molecule has 1 aliphatic heterocycles. The van der Waals surface area contributed by atoms with Gasteiger partial charge in [0.05, 0.1) is 31.7 Å². The van der Waals surface area contributed by atoms with E-state index in [0.717, 1.165) is 25.7 Å². The second-order valence-electron chi connectivity index (χ2n) is 4.06. The lowest BCUT2D eigenvalue weighted by Gasteiger charge is -2.22. The molecule has 1 fully saturated rings. The molecule has 1 rings (SSSR count). The monoisotopic (exact) mass is 252 g/mol. The maximum Gasteiger partial charge on any atom is 0.264 e. The molecular formula is C10H20O5S. The summed E-state index contributed by atoms with van der Waals surface area (Å²) in [7, 11) is -3.78. The lowest BCUT2D eigenvalue weighted by atomic mass is 10.1. The van der Waals surface area contributed by atoms with E-state index in [1.165, 1.54) is 0 Å². The summed E-state index contributed by atoms with van der Waals surface area (Å²) >= 11 is 0. The first kappa shape index (κ1) is 13.9. The Bertz CT molecular complexity index is 269. The van der Waals surface area contributed by atoms with E-state index in [1.54, 1.807) is 0 Å². The molecule has 0 aromatic rings. The Hall–Kier alpha value is -0.170. The Kier molecular flexibility index (Phi) is 6.26. The van der Waals surface area contributed by atoms with Gasteiger partial charge in [-0.15, -0.1) is 0 Å². The molecule has 96 valence electrons. The lowest BCUT2D eigenvalue weighted by Crippen LogP contribution is -2.28. The van der Waals surface area contributed by atoms with Crippen LogP contribution in [-0.4, -0.2) is 44.6 Å². The molecule has 1 N–H and O–H groups in total. The Morgan fingerprint density at radius 1 is 1.12 bits per heavy atom. The SMILES string of the molecule is O=S(=O)(O)CCCCCCC1COCCO1. The zero-order valence-electron chi connectivity index (χ0n) is 9.43. The quantitative estimate of drug-likeness (QED) is 0.545. The number of hydrogen-bond acceptors (Lipinski definition) is 4. The smallest absolute Gasteiger partial charge is 0.264 e. The minimum Gasteiger partial charge on any atom is -0.376 e. The molecule has 0 amide bonds. The van der Waals surface area contributed by atoms with E-state index < -0.39 is 10.1 Å². The summed E-state index contributed by atoms with van der Waals surface area (Å²) < 4.78 is 40.1. The van der Waals surface area contributed by atoms with E-state index in [2.05, 4.69) is 0 Å². The Morgan fingerprint density at radius 2 is 1.88 bits per heavy atom. The van der Waals surface area contributed by atoms with E-state index in [1.807, 2.05) is 0 Å². The molecule has 0 aromatic carbocycles. The van der Waals surface area contributed by atoms with E-state index >= 15 is 0 Å². The predicted octanol–water partition coefficient (Wildman–Crippen LogP) is 1.24. The van der Waals surface area contributed by atoms with Gasteiger partial charge in [-0.1, -0.05) is 19.3 Å². The van der Waals surface area contributed by atoms with Crippen LogP contribution in [0.3, 0.4) is 0 Å². The van der Waals surface area contributed by atoms with Crippen LogP contribution in [0, 0.1) is 0 Å². The van der Waals surface area contributed by atoms with Crippen molar-refractivity contribution in [3.8, 4) is 0 Å². The van der Waals surface area contributed by atoms with Crippen molar-refractivity contribution in [1.82, 2.24) is 0 Å².